The average molecular weight is 505 g/mol. The quantitative estimate of drug-likeness (QED) is 0.378. The van der Waals surface area contributed by atoms with Crippen LogP contribution in [-0.4, -0.2) is 41.4 Å². The molecule has 3 heterocycles. The van der Waals surface area contributed by atoms with E-state index in [1.54, 1.807) is 18.2 Å². The number of halogens is 5. The highest BCUT2D eigenvalue weighted by atomic mass is 19.4. The molecule has 2 N–H and O–H groups in total. The molecule has 0 fully saturated rings. The van der Waals surface area contributed by atoms with Gasteiger partial charge in [0.05, 0.1) is 29.7 Å². The van der Waals surface area contributed by atoms with Crippen LogP contribution in [0, 0.1) is 11.6 Å². The molecule has 0 aliphatic carbocycles. The molecule has 12 heteroatoms. The summed E-state index contributed by atoms with van der Waals surface area (Å²) in [5, 5.41) is 28.9. The number of hydrogen-bond acceptors (Lipinski definition) is 6. The highest BCUT2D eigenvalue weighted by Crippen LogP contribution is 2.42. The van der Waals surface area contributed by atoms with Crippen LogP contribution >= 0.6 is 0 Å². The maximum Gasteiger partial charge on any atom is 0.424 e. The molecule has 0 amide bonds. The summed E-state index contributed by atoms with van der Waals surface area (Å²) in [6, 6.07) is 9.77. The molecule has 0 saturated carbocycles. The van der Waals surface area contributed by atoms with Crippen molar-refractivity contribution in [1.29, 1.82) is 0 Å². The minimum Gasteiger partial charge on any atom is -0.386 e. The zero-order valence-electron chi connectivity index (χ0n) is 19.0. The van der Waals surface area contributed by atoms with Crippen LogP contribution in [0.4, 0.5) is 22.0 Å². The van der Waals surface area contributed by atoms with Crippen molar-refractivity contribution in [3.05, 3.63) is 83.8 Å². The fraction of sp³-hybridized carbons (Fsp3) is 0.250. The highest BCUT2D eigenvalue weighted by Gasteiger charge is 2.57. The van der Waals surface area contributed by atoms with E-state index in [4.69, 9.17) is 0 Å². The lowest BCUT2D eigenvalue weighted by molar-refractivity contribution is -0.274. The van der Waals surface area contributed by atoms with Crippen molar-refractivity contribution in [3.8, 4) is 22.6 Å². The fourth-order valence-corrected chi connectivity index (χ4v) is 3.54. The zero-order valence-corrected chi connectivity index (χ0v) is 19.0. The summed E-state index contributed by atoms with van der Waals surface area (Å²) in [6.45, 7) is 1.17. The predicted molar refractivity (Wildman–Crippen MR) is 118 cm³/mol. The smallest absolute Gasteiger partial charge is 0.386 e. The van der Waals surface area contributed by atoms with E-state index in [0.717, 1.165) is 28.9 Å². The van der Waals surface area contributed by atoms with E-state index in [1.807, 2.05) is 0 Å². The summed E-state index contributed by atoms with van der Waals surface area (Å²) in [6.07, 6.45) is -2.66. The maximum absolute atomic E-state index is 15.3. The molecule has 0 radical (unpaired) electrons. The molecule has 0 aliphatic rings. The molecule has 1 atom stereocenters. The van der Waals surface area contributed by atoms with Crippen LogP contribution in [0.1, 0.15) is 25.1 Å². The second-order valence-corrected chi connectivity index (χ2v) is 8.66. The van der Waals surface area contributed by atoms with E-state index in [0.29, 0.717) is 11.8 Å². The lowest BCUT2D eigenvalue weighted by Crippen LogP contribution is -2.47. The Morgan fingerprint density at radius 1 is 0.944 bits per heavy atom. The van der Waals surface area contributed by atoms with Gasteiger partial charge < -0.3 is 10.2 Å². The summed E-state index contributed by atoms with van der Waals surface area (Å²) in [5.41, 5.74) is -7.26. The predicted octanol–water partition coefficient (Wildman–Crippen LogP) is 4.36. The molecule has 1 aromatic carbocycles. The van der Waals surface area contributed by atoms with Gasteiger partial charge in [0.25, 0.3) is 0 Å². The third kappa shape index (κ3) is 4.82. The molecule has 7 nitrogen and oxygen atoms in total. The number of pyridine rings is 2. The van der Waals surface area contributed by atoms with Crippen LogP contribution in [0.25, 0.3) is 22.6 Å². The molecule has 4 rings (SSSR count). The molecule has 3 aromatic heterocycles. The SMILES string of the molecule is CC(C)(O)c1cc([C@@](O)(Cn2cc(-c3ccccn3)nn2)C(F)(F)F)nc(-c2ccc(F)cc2)c1F. The van der Waals surface area contributed by atoms with Crippen molar-refractivity contribution < 1.29 is 32.2 Å². The van der Waals surface area contributed by atoms with Crippen molar-refractivity contribution in [3.63, 3.8) is 0 Å². The highest BCUT2D eigenvalue weighted by molar-refractivity contribution is 5.62. The number of aromatic nitrogens is 5. The first-order valence-electron chi connectivity index (χ1n) is 10.6. The second kappa shape index (κ2) is 9.03. The lowest BCUT2D eigenvalue weighted by Gasteiger charge is -2.31. The summed E-state index contributed by atoms with van der Waals surface area (Å²) in [5.74, 6) is -1.76. The molecule has 0 saturated heterocycles. The summed E-state index contributed by atoms with van der Waals surface area (Å²) >= 11 is 0. The molecule has 4 aromatic rings. The van der Waals surface area contributed by atoms with Crippen molar-refractivity contribution in [2.45, 2.75) is 37.8 Å². The van der Waals surface area contributed by atoms with E-state index in [9.17, 15) is 27.8 Å². The molecule has 0 spiro atoms. The molecule has 188 valence electrons. The summed E-state index contributed by atoms with van der Waals surface area (Å²) in [4.78, 5) is 7.85. The van der Waals surface area contributed by atoms with Crippen LogP contribution in [0.15, 0.2) is 60.9 Å². The van der Waals surface area contributed by atoms with Gasteiger partial charge in [-0.15, -0.1) is 5.10 Å². The Bertz CT molecular complexity index is 1370. The molecular formula is C24H20F5N5O2. The van der Waals surface area contributed by atoms with Crippen LogP contribution in [-0.2, 0) is 17.7 Å². The minimum absolute atomic E-state index is 0.0519. The van der Waals surface area contributed by atoms with Gasteiger partial charge in [-0.1, -0.05) is 11.3 Å². The van der Waals surface area contributed by atoms with E-state index < -0.39 is 52.5 Å². The van der Waals surface area contributed by atoms with Crippen molar-refractivity contribution in [1.82, 2.24) is 25.0 Å². The number of alkyl halides is 3. The van der Waals surface area contributed by atoms with E-state index >= 15 is 4.39 Å². The van der Waals surface area contributed by atoms with Crippen molar-refractivity contribution in [2.24, 2.45) is 0 Å². The van der Waals surface area contributed by atoms with Gasteiger partial charge in [-0.3, -0.25) is 4.98 Å². The Labute approximate surface area is 201 Å². The molecule has 0 bridgehead atoms. The first-order valence-corrected chi connectivity index (χ1v) is 10.6. The van der Waals surface area contributed by atoms with Crippen LogP contribution in [0.5, 0.6) is 0 Å². The van der Waals surface area contributed by atoms with Crippen molar-refractivity contribution >= 4 is 0 Å². The molecule has 36 heavy (non-hydrogen) atoms. The van der Waals surface area contributed by atoms with Gasteiger partial charge in [0.2, 0.25) is 5.60 Å². The Kier molecular flexibility index (Phi) is 6.35. The largest absolute Gasteiger partial charge is 0.424 e. The Morgan fingerprint density at radius 2 is 1.64 bits per heavy atom. The maximum atomic E-state index is 15.3. The first kappa shape index (κ1) is 25.3. The van der Waals surface area contributed by atoms with Crippen LogP contribution < -0.4 is 0 Å². The summed E-state index contributed by atoms with van der Waals surface area (Å²) in [7, 11) is 0. The topological polar surface area (TPSA) is 97.0 Å². The van der Waals surface area contributed by atoms with Gasteiger partial charge in [0.1, 0.15) is 17.2 Å². The number of rotatable bonds is 6. The third-order valence-electron chi connectivity index (χ3n) is 5.48. The van der Waals surface area contributed by atoms with Gasteiger partial charge >= 0.3 is 6.18 Å². The first-order chi connectivity index (χ1) is 16.8. The van der Waals surface area contributed by atoms with Crippen molar-refractivity contribution in [2.75, 3.05) is 0 Å². The van der Waals surface area contributed by atoms with Gasteiger partial charge in [0.15, 0.2) is 5.82 Å². The number of aliphatic hydroxyl groups is 2. The normalized spacial score (nSPS) is 14.0. The standard InChI is InChI=1S/C24H20F5N5O2/c1-22(2,35)16-11-19(31-21(20(16)26)14-6-8-15(25)9-7-14)23(36,24(27,28)29)13-34-12-18(32-33-34)17-5-3-4-10-30-17/h3-12,35-36H,13H2,1-2H3/t23-/m0/s1. The number of nitrogens with zero attached hydrogens (tertiary/aromatic N) is 5. The fourth-order valence-electron chi connectivity index (χ4n) is 3.54. The average Bonchev–Trinajstić information content (AvgIpc) is 3.27. The minimum atomic E-state index is -5.30. The molecule has 0 unspecified atom stereocenters. The Hall–Kier alpha value is -3.77. The molecule has 0 aliphatic heterocycles. The third-order valence-corrected chi connectivity index (χ3v) is 5.48. The van der Waals surface area contributed by atoms with Crippen LogP contribution in [0.2, 0.25) is 0 Å². The lowest BCUT2D eigenvalue weighted by atomic mass is 9.90. The zero-order chi connectivity index (χ0) is 26.3. The van der Waals surface area contributed by atoms with Crippen LogP contribution in [0.3, 0.4) is 0 Å². The summed E-state index contributed by atoms with van der Waals surface area (Å²) < 4.78 is 72.5. The van der Waals surface area contributed by atoms with Gasteiger partial charge in [0, 0.05) is 17.3 Å². The molecular weight excluding hydrogens is 485 g/mol. The van der Waals surface area contributed by atoms with Gasteiger partial charge in [-0.05, 0) is 56.3 Å². The van der Waals surface area contributed by atoms with E-state index in [1.165, 1.54) is 26.2 Å². The monoisotopic (exact) mass is 505 g/mol. The van der Waals surface area contributed by atoms with E-state index in [2.05, 4.69) is 20.3 Å². The second-order valence-electron chi connectivity index (χ2n) is 8.66. The Balaban J connectivity index is 1.86. The van der Waals surface area contributed by atoms with Gasteiger partial charge in [-0.25, -0.2) is 18.4 Å². The number of hydrogen-bond donors (Lipinski definition) is 2. The van der Waals surface area contributed by atoms with E-state index in [-0.39, 0.29) is 11.3 Å². The Morgan fingerprint density at radius 3 is 2.22 bits per heavy atom. The number of benzene rings is 1. The van der Waals surface area contributed by atoms with Gasteiger partial charge in [-0.2, -0.15) is 13.2 Å².